The molecule has 0 aliphatic heterocycles. The van der Waals surface area contributed by atoms with Crippen molar-refractivity contribution in [3.05, 3.63) is 11.1 Å². The van der Waals surface area contributed by atoms with E-state index in [1.807, 2.05) is 0 Å². The molecule has 7 heteroatoms. The predicted octanol–water partition coefficient (Wildman–Crippen LogP) is 0.638. The van der Waals surface area contributed by atoms with E-state index < -0.39 is 12.0 Å². The van der Waals surface area contributed by atoms with Crippen LogP contribution in [-0.4, -0.2) is 55.4 Å². The topological polar surface area (TPSA) is 78.9 Å². The lowest BCUT2D eigenvalue weighted by Crippen LogP contribution is -2.44. The second-order valence-electron chi connectivity index (χ2n) is 2.98. The highest BCUT2D eigenvalue weighted by atomic mass is 79.9. The van der Waals surface area contributed by atoms with Gasteiger partial charge >= 0.3 is 12.0 Å². The van der Waals surface area contributed by atoms with Gasteiger partial charge in [0.15, 0.2) is 0 Å². The fraction of sp³-hybridized carbons (Fsp3) is 0.556. The number of carbonyl (C=O) groups is 2. The van der Waals surface area contributed by atoms with Crippen LogP contribution in [0, 0.1) is 0 Å². The molecule has 0 aliphatic carbocycles. The first-order valence-corrected chi connectivity index (χ1v) is 5.33. The average molecular weight is 295 g/mol. The smallest absolute Gasteiger partial charge is 0.323 e. The van der Waals surface area contributed by atoms with Crippen molar-refractivity contribution in [3.63, 3.8) is 0 Å². The molecule has 2 N–H and O–H groups in total. The molecule has 0 radical (unpaired) electrons. The van der Waals surface area contributed by atoms with E-state index in [1.54, 1.807) is 0 Å². The predicted molar refractivity (Wildman–Crippen MR) is 62.6 cm³/mol. The van der Waals surface area contributed by atoms with Gasteiger partial charge in [0.1, 0.15) is 6.54 Å². The molecule has 0 heterocycles. The number of methoxy groups -OCH3 is 1. The summed E-state index contributed by atoms with van der Waals surface area (Å²) in [5.41, 5.74) is 0. The van der Waals surface area contributed by atoms with Gasteiger partial charge in [0.25, 0.3) is 0 Å². The molecule has 0 bridgehead atoms. The van der Waals surface area contributed by atoms with Crippen molar-refractivity contribution in [2.24, 2.45) is 0 Å². The monoisotopic (exact) mass is 294 g/mol. The van der Waals surface area contributed by atoms with Crippen LogP contribution in [0.2, 0.25) is 0 Å². The Morgan fingerprint density at radius 1 is 1.56 bits per heavy atom. The summed E-state index contributed by atoms with van der Waals surface area (Å²) in [7, 11) is 1.48. The molecule has 0 aromatic carbocycles. The van der Waals surface area contributed by atoms with E-state index in [1.165, 1.54) is 7.11 Å². The Kier molecular flexibility index (Phi) is 7.57. The number of hydrogen-bond donors (Lipinski definition) is 2. The first-order chi connectivity index (χ1) is 7.47. The molecule has 92 valence electrons. The van der Waals surface area contributed by atoms with Crippen molar-refractivity contribution in [1.82, 2.24) is 10.2 Å². The quantitative estimate of drug-likeness (QED) is 0.722. The summed E-state index contributed by atoms with van der Waals surface area (Å²) in [6, 6.07) is -0.458. The molecule has 6 nitrogen and oxygen atoms in total. The molecule has 16 heavy (non-hydrogen) atoms. The van der Waals surface area contributed by atoms with Gasteiger partial charge in [-0.2, -0.15) is 0 Å². The number of carboxylic acids is 1. The average Bonchev–Trinajstić information content (AvgIpc) is 2.20. The normalized spacial score (nSPS) is 9.62. The van der Waals surface area contributed by atoms with Crippen LogP contribution in [0.15, 0.2) is 11.1 Å². The Morgan fingerprint density at radius 3 is 2.62 bits per heavy atom. The highest BCUT2D eigenvalue weighted by molar-refractivity contribution is 9.11. The second kappa shape index (κ2) is 8.12. The van der Waals surface area contributed by atoms with E-state index in [9.17, 15) is 9.59 Å². The molecule has 0 atom stereocenters. The molecule has 0 saturated carbocycles. The zero-order chi connectivity index (χ0) is 12.6. The molecule has 0 spiro atoms. The van der Waals surface area contributed by atoms with Gasteiger partial charge < -0.3 is 20.1 Å². The van der Waals surface area contributed by atoms with E-state index in [-0.39, 0.29) is 26.2 Å². The molecule has 0 unspecified atom stereocenters. The Morgan fingerprint density at radius 2 is 2.19 bits per heavy atom. The maximum Gasteiger partial charge on any atom is 0.323 e. The molecule has 0 aliphatic rings. The van der Waals surface area contributed by atoms with Crippen molar-refractivity contribution in [3.8, 4) is 0 Å². The third-order valence-corrected chi connectivity index (χ3v) is 1.89. The van der Waals surface area contributed by atoms with Gasteiger partial charge in [-0.3, -0.25) is 4.79 Å². The number of carboxylic acid groups (broad SMARTS) is 1. The van der Waals surface area contributed by atoms with Crippen molar-refractivity contribution < 1.29 is 19.4 Å². The number of aliphatic carboxylic acids is 1. The summed E-state index contributed by atoms with van der Waals surface area (Å²) in [5.74, 6) is -1.07. The van der Waals surface area contributed by atoms with Crippen LogP contribution in [-0.2, 0) is 9.53 Å². The fourth-order valence-corrected chi connectivity index (χ4v) is 1.04. The summed E-state index contributed by atoms with van der Waals surface area (Å²) >= 11 is 3.09. The molecule has 2 amide bonds. The molecular weight excluding hydrogens is 280 g/mol. The lowest BCUT2D eigenvalue weighted by molar-refractivity contribution is -0.137. The van der Waals surface area contributed by atoms with Gasteiger partial charge in [0.2, 0.25) is 0 Å². The second-order valence-corrected chi connectivity index (χ2v) is 4.11. The number of nitrogens with zero attached hydrogens (tertiary/aromatic N) is 1. The van der Waals surface area contributed by atoms with E-state index in [4.69, 9.17) is 9.84 Å². The molecule has 0 saturated heterocycles. The highest BCUT2D eigenvalue weighted by Crippen LogP contribution is 1.98. The van der Waals surface area contributed by atoms with E-state index in [0.717, 1.165) is 4.90 Å². The fourth-order valence-electron chi connectivity index (χ4n) is 0.900. The van der Waals surface area contributed by atoms with Crippen LogP contribution in [0.4, 0.5) is 4.79 Å². The van der Waals surface area contributed by atoms with Gasteiger partial charge in [-0.15, -0.1) is 0 Å². The van der Waals surface area contributed by atoms with Crippen LogP contribution in [0.1, 0.15) is 0 Å². The number of urea groups is 1. The summed E-state index contributed by atoms with van der Waals surface area (Å²) in [6.45, 7) is 3.96. The van der Waals surface area contributed by atoms with Crippen molar-refractivity contribution in [1.29, 1.82) is 0 Å². The molecule has 0 aromatic heterocycles. The van der Waals surface area contributed by atoms with Gasteiger partial charge in [-0.05, 0) is 0 Å². The largest absolute Gasteiger partial charge is 0.480 e. The SMILES string of the molecule is C=C(Br)CNC(=O)N(CCOC)CC(=O)O. The zero-order valence-electron chi connectivity index (χ0n) is 9.03. The third-order valence-electron chi connectivity index (χ3n) is 1.61. The van der Waals surface area contributed by atoms with Gasteiger partial charge in [0.05, 0.1) is 13.2 Å². The number of carbonyl (C=O) groups excluding carboxylic acids is 1. The number of hydrogen-bond acceptors (Lipinski definition) is 3. The van der Waals surface area contributed by atoms with Gasteiger partial charge in [-0.1, -0.05) is 22.5 Å². The summed E-state index contributed by atoms with van der Waals surface area (Å²) in [5, 5.41) is 11.1. The lowest BCUT2D eigenvalue weighted by atomic mass is 10.5. The number of rotatable bonds is 7. The number of ether oxygens (including phenoxy) is 1. The van der Waals surface area contributed by atoms with Gasteiger partial charge in [-0.25, -0.2) is 4.79 Å². The Labute approximate surface area is 102 Å². The summed E-state index contributed by atoms with van der Waals surface area (Å²) in [4.78, 5) is 23.2. The Bertz CT molecular complexity index is 270. The van der Waals surface area contributed by atoms with Crippen molar-refractivity contribution >= 4 is 27.9 Å². The van der Waals surface area contributed by atoms with Crippen molar-refractivity contribution in [2.45, 2.75) is 0 Å². The number of amides is 2. The minimum Gasteiger partial charge on any atom is -0.480 e. The van der Waals surface area contributed by atoms with E-state index >= 15 is 0 Å². The number of nitrogens with one attached hydrogen (secondary N) is 1. The standard InChI is InChI=1S/C9H15BrN2O4/c1-7(10)5-11-9(15)12(3-4-16-2)6-8(13)14/h1,3-6H2,2H3,(H,11,15)(H,13,14). The van der Waals surface area contributed by atoms with Gasteiger partial charge in [0, 0.05) is 18.1 Å². The van der Waals surface area contributed by atoms with Crippen LogP contribution in [0.25, 0.3) is 0 Å². The van der Waals surface area contributed by atoms with Crippen LogP contribution in [0.3, 0.4) is 0 Å². The molecule has 0 rings (SSSR count). The Balaban J connectivity index is 4.19. The van der Waals surface area contributed by atoms with Crippen LogP contribution in [0.5, 0.6) is 0 Å². The summed E-state index contributed by atoms with van der Waals surface area (Å²) < 4.78 is 5.40. The maximum absolute atomic E-state index is 11.5. The molecule has 0 aromatic rings. The summed E-state index contributed by atoms with van der Waals surface area (Å²) in [6.07, 6.45) is 0. The third kappa shape index (κ3) is 7.24. The molecule has 0 fully saturated rings. The maximum atomic E-state index is 11.5. The van der Waals surface area contributed by atoms with Crippen molar-refractivity contribution in [2.75, 3.05) is 33.4 Å². The number of halogens is 1. The van der Waals surface area contributed by atoms with E-state index in [0.29, 0.717) is 4.48 Å². The highest BCUT2D eigenvalue weighted by Gasteiger charge is 2.15. The van der Waals surface area contributed by atoms with Crippen LogP contribution < -0.4 is 5.32 Å². The first kappa shape index (κ1) is 14.9. The first-order valence-electron chi connectivity index (χ1n) is 4.54. The molecular formula is C9H15BrN2O4. The lowest BCUT2D eigenvalue weighted by Gasteiger charge is -2.20. The Hall–Kier alpha value is -1.08. The minimum absolute atomic E-state index is 0.226. The van der Waals surface area contributed by atoms with Crippen LogP contribution >= 0.6 is 15.9 Å². The zero-order valence-corrected chi connectivity index (χ0v) is 10.6. The minimum atomic E-state index is -1.07. The van der Waals surface area contributed by atoms with E-state index in [2.05, 4.69) is 27.8 Å².